The number of benzene rings is 2. The molecule has 0 unspecified atom stereocenters. The maximum Gasteiger partial charge on any atom is 0.257 e. The molecule has 0 bridgehead atoms. The Morgan fingerprint density at radius 1 is 1.03 bits per heavy atom. The third kappa shape index (κ3) is 4.80. The van der Waals surface area contributed by atoms with E-state index in [1.165, 1.54) is 17.1 Å². The molecule has 0 saturated carbocycles. The van der Waals surface area contributed by atoms with E-state index in [2.05, 4.69) is 5.10 Å². The highest BCUT2D eigenvalue weighted by Crippen LogP contribution is 2.33. The van der Waals surface area contributed by atoms with Crippen molar-refractivity contribution in [3.63, 3.8) is 0 Å². The van der Waals surface area contributed by atoms with Gasteiger partial charge in [0, 0.05) is 39.5 Å². The summed E-state index contributed by atoms with van der Waals surface area (Å²) in [6.07, 6.45) is 0.543. The predicted octanol–water partition coefficient (Wildman–Crippen LogP) is 2.68. The first-order valence-corrected chi connectivity index (χ1v) is 10.7. The fourth-order valence-electron chi connectivity index (χ4n) is 4.13. The van der Waals surface area contributed by atoms with Crippen molar-refractivity contribution < 1.29 is 18.7 Å². The number of hydrazone groups is 1. The van der Waals surface area contributed by atoms with Crippen molar-refractivity contribution in [3.8, 4) is 5.75 Å². The molecule has 7 nitrogen and oxygen atoms in total. The Bertz CT molecular complexity index is 999. The van der Waals surface area contributed by atoms with Gasteiger partial charge in [0.1, 0.15) is 11.6 Å². The predicted molar refractivity (Wildman–Crippen MR) is 119 cm³/mol. The highest BCUT2D eigenvalue weighted by Gasteiger charge is 2.34. The second-order valence-corrected chi connectivity index (χ2v) is 8.07. The van der Waals surface area contributed by atoms with Crippen molar-refractivity contribution in [1.29, 1.82) is 0 Å². The van der Waals surface area contributed by atoms with E-state index in [0.717, 1.165) is 22.6 Å². The summed E-state index contributed by atoms with van der Waals surface area (Å²) in [5.41, 5.74) is 2.56. The van der Waals surface area contributed by atoms with E-state index in [-0.39, 0.29) is 30.2 Å². The van der Waals surface area contributed by atoms with Crippen molar-refractivity contribution in [3.05, 3.63) is 65.5 Å². The third-order valence-electron chi connectivity index (χ3n) is 6.02. The van der Waals surface area contributed by atoms with Gasteiger partial charge in [0.25, 0.3) is 5.91 Å². The van der Waals surface area contributed by atoms with Crippen LogP contribution in [-0.4, -0.2) is 72.2 Å². The van der Waals surface area contributed by atoms with Gasteiger partial charge in [-0.3, -0.25) is 14.5 Å². The van der Waals surface area contributed by atoms with Crippen molar-refractivity contribution in [2.75, 3.05) is 39.8 Å². The van der Waals surface area contributed by atoms with Gasteiger partial charge in [-0.05, 0) is 47.5 Å². The molecule has 2 amide bonds. The van der Waals surface area contributed by atoms with Gasteiger partial charge in [0.15, 0.2) is 0 Å². The largest absolute Gasteiger partial charge is 0.497 e. The SMILES string of the molecule is COc1ccc(C2=NN(C(=O)CN3CCN(C(C)=O)CC3)[C@@H](c3ccc(F)cc3)C2)cc1. The van der Waals surface area contributed by atoms with Crippen LogP contribution in [0.5, 0.6) is 5.75 Å². The quantitative estimate of drug-likeness (QED) is 0.720. The lowest BCUT2D eigenvalue weighted by molar-refractivity contribution is -0.135. The van der Waals surface area contributed by atoms with Gasteiger partial charge < -0.3 is 9.64 Å². The first-order valence-electron chi connectivity index (χ1n) is 10.7. The van der Waals surface area contributed by atoms with Crippen LogP contribution in [0.1, 0.15) is 30.5 Å². The molecule has 1 saturated heterocycles. The molecule has 8 heteroatoms. The van der Waals surface area contributed by atoms with Gasteiger partial charge in [-0.1, -0.05) is 12.1 Å². The van der Waals surface area contributed by atoms with Crippen LogP contribution in [0.3, 0.4) is 0 Å². The number of carbonyl (C=O) groups excluding carboxylic acids is 2. The third-order valence-corrected chi connectivity index (χ3v) is 6.02. The van der Waals surface area contributed by atoms with Gasteiger partial charge in [-0.25, -0.2) is 9.40 Å². The molecule has 2 aromatic rings. The van der Waals surface area contributed by atoms with Gasteiger partial charge in [-0.2, -0.15) is 5.10 Å². The molecule has 168 valence electrons. The zero-order valence-corrected chi connectivity index (χ0v) is 18.3. The fourth-order valence-corrected chi connectivity index (χ4v) is 4.13. The molecule has 1 atom stereocenters. The van der Waals surface area contributed by atoms with Gasteiger partial charge >= 0.3 is 0 Å². The maximum absolute atomic E-state index is 13.5. The molecular formula is C24H27FN4O3. The number of rotatable bonds is 5. The molecule has 0 aliphatic carbocycles. The zero-order chi connectivity index (χ0) is 22.7. The van der Waals surface area contributed by atoms with Crippen LogP contribution in [0.25, 0.3) is 0 Å². The molecule has 2 aliphatic rings. The normalized spacial score (nSPS) is 19.1. The second kappa shape index (κ2) is 9.48. The van der Waals surface area contributed by atoms with E-state index in [1.807, 2.05) is 29.2 Å². The lowest BCUT2D eigenvalue weighted by Gasteiger charge is -2.34. The Labute approximate surface area is 187 Å². The van der Waals surface area contributed by atoms with Crippen LogP contribution in [0.4, 0.5) is 4.39 Å². The van der Waals surface area contributed by atoms with Gasteiger partial charge in [0.05, 0.1) is 25.4 Å². The number of piperazine rings is 1. The van der Waals surface area contributed by atoms with Gasteiger partial charge in [-0.15, -0.1) is 0 Å². The number of amides is 2. The Hall–Kier alpha value is -3.26. The Morgan fingerprint density at radius 3 is 2.28 bits per heavy atom. The summed E-state index contributed by atoms with van der Waals surface area (Å²) in [5, 5.41) is 6.21. The maximum atomic E-state index is 13.5. The average Bonchev–Trinajstić information content (AvgIpc) is 3.25. The number of hydrogen-bond acceptors (Lipinski definition) is 5. The number of ether oxygens (including phenoxy) is 1. The van der Waals surface area contributed by atoms with E-state index in [1.54, 1.807) is 31.1 Å². The van der Waals surface area contributed by atoms with E-state index < -0.39 is 0 Å². The monoisotopic (exact) mass is 438 g/mol. The Balaban J connectivity index is 1.53. The highest BCUT2D eigenvalue weighted by atomic mass is 19.1. The summed E-state index contributed by atoms with van der Waals surface area (Å²) in [7, 11) is 1.61. The molecule has 32 heavy (non-hydrogen) atoms. The summed E-state index contributed by atoms with van der Waals surface area (Å²) in [5.74, 6) is 0.379. The van der Waals surface area contributed by atoms with E-state index in [9.17, 15) is 14.0 Å². The molecular weight excluding hydrogens is 411 g/mol. The van der Waals surface area contributed by atoms with Crippen LogP contribution in [0.15, 0.2) is 53.6 Å². The van der Waals surface area contributed by atoms with Crippen molar-refractivity contribution in [2.24, 2.45) is 5.10 Å². The first-order chi connectivity index (χ1) is 15.4. The van der Waals surface area contributed by atoms with Crippen molar-refractivity contribution in [2.45, 2.75) is 19.4 Å². The average molecular weight is 439 g/mol. The lowest BCUT2D eigenvalue weighted by atomic mass is 9.98. The molecule has 0 aromatic heterocycles. The van der Waals surface area contributed by atoms with E-state index >= 15 is 0 Å². The molecule has 2 aromatic carbocycles. The molecule has 0 radical (unpaired) electrons. The van der Waals surface area contributed by atoms with Crippen LogP contribution < -0.4 is 4.74 Å². The van der Waals surface area contributed by atoms with E-state index in [4.69, 9.17) is 4.74 Å². The molecule has 0 spiro atoms. The van der Waals surface area contributed by atoms with Crippen molar-refractivity contribution in [1.82, 2.24) is 14.8 Å². The molecule has 1 fully saturated rings. The minimum absolute atomic E-state index is 0.0561. The fraction of sp³-hybridized carbons (Fsp3) is 0.375. The summed E-state index contributed by atoms with van der Waals surface area (Å²) in [6, 6.07) is 13.5. The van der Waals surface area contributed by atoms with Gasteiger partial charge in [0.2, 0.25) is 5.91 Å². The first kappa shape index (κ1) is 22.0. The van der Waals surface area contributed by atoms with E-state index in [0.29, 0.717) is 32.6 Å². The van der Waals surface area contributed by atoms with Crippen LogP contribution in [0, 0.1) is 5.82 Å². The van der Waals surface area contributed by atoms with Crippen LogP contribution >= 0.6 is 0 Å². The molecule has 0 N–H and O–H groups in total. The minimum Gasteiger partial charge on any atom is -0.497 e. The number of carbonyl (C=O) groups is 2. The highest BCUT2D eigenvalue weighted by molar-refractivity contribution is 6.03. The standard InChI is InChI=1S/C24H27FN4O3/c1-17(30)28-13-11-27(12-14-28)16-24(31)29-23(19-3-7-20(25)8-4-19)15-22(26-29)18-5-9-21(32-2)10-6-18/h3-10,23H,11-16H2,1-2H3/t23-/m1/s1. The topological polar surface area (TPSA) is 65.5 Å². The molecule has 4 rings (SSSR count). The number of methoxy groups -OCH3 is 1. The molecule has 2 aliphatic heterocycles. The van der Waals surface area contributed by atoms with Crippen LogP contribution in [-0.2, 0) is 9.59 Å². The summed E-state index contributed by atoms with van der Waals surface area (Å²) < 4.78 is 18.7. The van der Waals surface area contributed by atoms with Crippen LogP contribution in [0.2, 0.25) is 0 Å². The number of hydrogen-bond donors (Lipinski definition) is 0. The molecule has 2 heterocycles. The minimum atomic E-state index is -0.315. The summed E-state index contributed by atoms with van der Waals surface area (Å²) in [6.45, 7) is 4.32. The smallest absolute Gasteiger partial charge is 0.257 e. The number of halogens is 1. The number of nitrogens with zero attached hydrogens (tertiary/aromatic N) is 4. The second-order valence-electron chi connectivity index (χ2n) is 8.07. The Morgan fingerprint density at radius 2 is 1.69 bits per heavy atom. The van der Waals surface area contributed by atoms with Crippen molar-refractivity contribution >= 4 is 17.5 Å². The zero-order valence-electron chi connectivity index (χ0n) is 18.3. The summed E-state index contributed by atoms with van der Waals surface area (Å²) in [4.78, 5) is 28.6. The summed E-state index contributed by atoms with van der Waals surface area (Å²) >= 11 is 0. The lowest BCUT2D eigenvalue weighted by Crippen LogP contribution is -2.50. The Kier molecular flexibility index (Phi) is 6.50.